The van der Waals surface area contributed by atoms with Gasteiger partial charge in [-0.05, 0) is 26.0 Å². The van der Waals surface area contributed by atoms with E-state index in [4.69, 9.17) is 21.1 Å². The van der Waals surface area contributed by atoms with Crippen molar-refractivity contribution in [2.75, 3.05) is 7.11 Å². The second kappa shape index (κ2) is 3.67. The largest absolute Gasteiger partial charge is 0.486 e. The van der Waals surface area contributed by atoms with Crippen molar-refractivity contribution in [3.05, 3.63) is 28.3 Å². The summed E-state index contributed by atoms with van der Waals surface area (Å²) in [6.45, 7) is 3.93. The predicted octanol–water partition coefficient (Wildman–Crippen LogP) is 2.84. The summed E-state index contributed by atoms with van der Waals surface area (Å²) in [6.07, 6.45) is 0.700. The van der Waals surface area contributed by atoms with Crippen molar-refractivity contribution in [3.63, 3.8) is 0 Å². The Balaban J connectivity index is 2.54. The van der Waals surface area contributed by atoms with Gasteiger partial charge in [-0.25, -0.2) is 4.79 Å². The molecule has 3 nitrogen and oxygen atoms in total. The van der Waals surface area contributed by atoms with Crippen LogP contribution in [0.2, 0.25) is 5.02 Å². The van der Waals surface area contributed by atoms with Gasteiger partial charge in [0.25, 0.3) is 0 Å². The van der Waals surface area contributed by atoms with Crippen molar-refractivity contribution < 1.29 is 14.3 Å². The van der Waals surface area contributed by atoms with Gasteiger partial charge >= 0.3 is 5.97 Å². The lowest BCUT2D eigenvalue weighted by Gasteiger charge is -2.17. The summed E-state index contributed by atoms with van der Waals surface area (Å²) in [5, 5.41) is 0.633. The number of rotatable bonds is 1. The van der Waals surface area contributed by atoms with Gasteiger partial charge in [-0.15, -0.1) is 0 Å². The maximum absolute atomic E-state index is 11.6. The smallest absolute Gasteiger partial charge is 0.341 e. The molecule has 0 spiro atoms. The van der Waals surface area contributed by atoms with Crippen LogP contribution in [0.5, 0.6) is 5.75 Å². The lowest BCUT2D eigenvalue weighted by atomic mass is 10.0. The van der Waals surface area contributed by atoms with Crippen LogP contribution in [0.4, 0.5) is 0 Å². The Hall–Kier alpha value is -1.22. The zero-order chi connectivity index (χ0) is 11.9. The lowest BCUT2D eigenvalue weighted by Crippen LogP contribution is -2.25. The van der Waals surface area contributed by atoms with Crippen molar-refractivity contribution in [2.45, 2.75) is 25.9 Å². The molecule has 1 aromatic carbocycles. The summed E-state index contributed by atoms with van der Waals surface area (Å²) in [6, 6.07) is 3.34. The third-order valence-electron chi connectivity index (χ3n) is 2.59. The second-order valence-electron chi connectivity index (χ2n) is 4.43. The van der Waals surface area contributed by atoms with Crippen LogP contribution in [0.25, 0.3) is 0 Å². The number of halogens is 1. The SMILES string of the molecule is COC(=O)c1ccc(Cl)c2c1OC(C)(C)C2. The molecule has 0 amide bonds. The minimum absolute atomic E-state index is 0.323. The highest BCUT2D eigenvalue weighted by atomic mass is 35.5. The van der Waals surface area contributed by atoms with Crippen molar-refractivity contribution in [1.82, 2.24) is 0 Å². The highest BCUT2D eigenvalue weighted by Crippen LogP contribution is 2.41. The molecule has 0 saturated heterocycles. The molecule has 0 aromatic heterocycles. The van der Waals surface area contributed by atoms with E-state index < -0.39 is 5.97 Å². The van der Waals surface area contributed by atoms with Crippen LogP contribution < -0.4 is 4.74 Å². The molecule has 0 unspecified atom stereocenters. The van der Waals surface area contributed by atoms with Gasteiger partial charge in [0.15, 0.2) is 0 Å². The van der Waals surface area contributed by atoms with Gasteiger partial charge in [-0.3, -0.25) is 0 Å². The zero-order valence-corrected chi connectivity index (χ0v) is 10.2. The molecule has 0 atom stereocenters. The van der Waals surface area contributed by atoms with Crippen LogP contribution >= 0.6 is 11.6 Å². The fraction of sp³-hybridized carbons (Fsp3) is 0.417. The van der Waals surface area contributed by atoms with E-state index in [1.54, 1.807) is 12.1 Å². The molecule has 2 rings (SSSR count). The van der Waals surface area contributed by atoms with Crippen molar-refractivity contribution in [1.29, 1.82) is 0 Å². The molecule has 0 aliphatic carbocycles. The summed E-state index contributed by atoms with van der Waals surface area (Å²) in [5.74, 6) is 0.162. The average Bonchev–Trinajstić information content (AvgIpc) is 2.54. The molecule has 1 heterocycles. The molecular formula is C12H13ClO3. The molecule has 0 N–H and O–H groups in total. The third-order valence-corrected chi connectivity index (χ3v) is 2.94. The molecule has 16 heavy (non-hydrogen) atoms. The number of fused-ring (bicyclic) bond motifs is 1. The molecule has 86 valence electrons. The number of ether oxygens (including phenoxy) is 2. The van der Waals surface area contributed by atoms with Gasteiger partial charge in [0, 0.05) is 17.0 Å². The Morgan fingerprint density at radius 2 is 2.19 bits per heavy atom. The van der Waals surface area contributed by atoms with Gasteiger partial charge in [0.2, 0.25) is 0 Å². The van der Waals surface area contributed by atoms with Crippen molar-refractivity contribution in [3.8, 4) is 5.75 Å². The standard InChI is InChI=1S/C12H13ClO3/c1-12(2)6-8-9(13)5-4-7(10(8)16-12)11(14)15-3/h4-5H,6H2,1-3H3. The first-order valence-electron chi connectivity index (χ1n) is 5.03. The average molecular weight is 241 g/mol. The van der Waals surface area contributed by atoms with E-state index in [9.17, 15) is 4.79 Å². The molecule has 1 aliphatic heterocycles. The molecule has 1 aromatic rings. The van der Waals surface area contributed by atoms with Crippen LogP contribution in [0.15, 0.2) is 12.1 Å². The number of hydrogen-bond donors (Lipinski definition) is 0. The molecule has 0 saturated carbocycles. The quantitative estimate of drug-likeness (QED) is 0.708. The van der Waals surface area contributed by atoms with Crippen LogP contribution in [0.1, 0.15) is 29.8 Å². The van der Waals surface area contributed by atoms with E-state index in [0.29, 0.717) is 22.8 Å². The van der Waals surface area contributed by atoms with E-state index in [1.165, 1.54) is 7.11 Å². The minimum Gasteiger partial charge on any atom is -0.486 e. The fourth-order valence-electron chi connectivity index (χ4n) is 1.89. The normalized spacial score (nSPS) is 16.5. The zero-order valence-electron chi connectivity index (χ0n) is 9.46. The first kappa shape index (κ1) is 11.3. The fourth-order valence-corrected chi connectivity index (χ4v) is 2.11. The molecule has 0 radical (unpaired) electrons. The highest BCUT2D eigenvalue weighted by molar-refractivity contribution is 6.31. The summed E-state index contributed by atoms with van der Waals surface area (Å²) in [5.41, 5.74) is 0.998. The first-order valence-corrected chi connectivity index (χ1v) is 5.41. The maximum atomic E-state index is 11.6. The van der Waals surface area contributed by atoms with Gasteiger partial charge in [-0.1, -0.05) is 11.6 Å². The van der Waals surface area contributed by atoms with Crippen molar-refractivity contribution >= 4 is 17.6 Å². The van der Waals surface area contributed by atoms with Gasteiger partial charge in [0.05, 0.1) is 7.11 Å². The number of methoxy groups -OCH3 is 1. The van der Waals surface area contributed by atoms with Gasteiger partial charge < -0.3 is 9.47 Å². The van der Waals surface area contributed by atoms with Gasteiger partial charge in [-0.2, -0.15) is 0 Å². The summed E-state index contributed by atoms with van der Waals surface area (Å²) < 4.78 is 10.5. The molecule has 0 fully saturated rings. The number of carbonyl (C=O) groups is 1. The monoisotopic (exact) mass is 240 g/mol. The topological polar surface area (TPSA) is 35.5 Å². The summed E-state index contributed by atoms with van der Waals surface area (Å²) >= 11 is 6.08. The molecule has 4 heteroatoms. The van der Waals surface area contributed by atoms with E-state index in [1.807, 2.05) is 13.8 Å². The van der Waals surface area contributed by atoms with Crippen LogP contribution in [-0.4, -0.2) is 18.7 Å². The Morgan fingerprint density at radius 3 is 2.81 bits per heavy atom. The third kappa shape index (κ3) is 1.76. The summed E-state index contributed by atoms with van der Waals surface area (Å²) in [4.78, 5) is 11.6. The van der Waals surface area contributed by atoms with E-state index in [-0.39, 0.29) is 5.60 Å². The van der Waals surface area contributed by atoms with Gasteiger partial charge in [0.1, 0.15) is 16.9 Å². The Morgan fingerprint density at radius 1 is 1.50 bits per heavy atom. The Kier molecular flexibility index (Phi) is 2.58. The molecule has 0 bridgehead atoms. The highest BCUT2D eigenvalue weighted by Gasteiger charge is 2.35. The van der Waals surface area contributed by atoms with Crippen LogP contribution in [0, 0.1) is 0 Å². The summed E-state index contributed by atoms with van der Waals surface area (Å²) in [7, 11) is 1.35. The second-order valence-corrected chi connectivity index (χ2v) is 4.84. The Labute approximate surface area is 99.3 Å². The van der Waals surface area contributed by atoms with E-state index in [2.05, 4.69) is 0 Å². The molecular weight excluding hydrogens is 228 g/mol. The number of carbonyl (C=O) groups excluding carboxylic acids is 1. The van der Waals surface area contributed by atoms with E-state index >= 15 is 0 Å². The predicted molar refractivity (Wildman–Crippen MR) is 61.2 cm³/mol. The lowest BCUT2D eigenvalue weighted by molar-refractivity contribution is 0.0590. The molecule has 1 aliphatic rings. The number of hydrogen-bond acceptors (Lipinski definition) is 3. The number of benzene rings is 1. The Bertz CT molecular complexity index is 452. The van der Waals surface area contributed by atoms with Crippen LogP contribution in [0.3, 0.4) is 0 Å². The maximum Gasteiger partial charge on any atom is 0.341 e. The van der Waals surface area contributed by atoms with E-state index in [0.717, 1.165) is 5.56 Å². The van der Waals surface area contributed by atoms with Crippen LogP contribution in [-0.2, 0) is 11.2 Å². The number of esters is 1. The van der Waals surface area contributed by atoms with Crippen molar-refractivity contribution in [2.24, 2.45) is 0 Å². The first-order chi connectivity index (χ1) is 7.44. The minimum atomic E-state index is -0.398.